The molecule has 9 nitrogen and oxygen atoms in total. The van der Waals surface area contributed by atoms with Crippen LogP contribution in [0.1, 0.15) is 10.4 Å². The number of hydrogen-bond acceptors (Lipinski definition) is 6. The van der Waals surface area contributed by atoms with Crippen LogP contribution in [0.4, 0.5) is 25.8 Å². The van der Waals surface area contributed by atoms with Gasteiger partial charge in [0.1, 0.15) is 11.6 Å². The second-order valence-corrected chi connectivity index (χ2v) is 12.7. The number of carbonyl (C=O) groups excluding carboxylic acids is 1. The minimum Gasteiger partial charge on any atom is -0.369 e. The molecule has 0 saturated carbocycles. The van der Waals surface area contributed by atoms with E-state index in [2.05, 4.69) is 5.32 Å². The van der Waals surface area contributed by atoms with E-state index in [1.165, 1.54) is 59.9 Å². The Morgan fingerprint density at radius 2 is 1.45 bits per heavy atom. The predicted octanol–water partition coefficient (Wildman–Crippen LogP) is 3.12. The average Bonchev–Trinajstić information content (AvgIpc) is 2.87. The highest BCUT2D eigenvalue weighted by Gasteiger charge is 2.29. The van der Waals surface area contributed by atoms with E-state index in [4.69, 9.17) is 0 Å². The first-order valence-corrected chi connectivity index (χ1v) is 14.8. The molecular weight excluding hydrogens is 538 g/mol. The number of nitrogens with one attached hydrogen (secondary N) is 1. The van der Waals surface area contributed by atoms with E-state index >= 15 is 0 Å². The van der Waals surface area contributed by atoms with Gasteiger partial charge in [0.2, 0.25) is 20.0 Å². The molecule has 1 amide bonds. The van der Waals surface area contributed by atoms with E-state index in [9.17, 15) is 30.4 Å². The van der Waals surface area contributed by atoms with Crippen molar-refractivity contribution in [3.05, 3.63) is 83.9 Å². The number of halogens is 2. The number of rotatable bonds is 7. The number of amides is 1. The van der Waals surface area contributed by atoms with Gasteiger partial charge >= 0.3 is 0 Å². The lowest BCUT2D eigenvalue weighted by Gasteiger charge is -2.35. The highest BCUT2D eigenvalue weighted by atomic mass is 32.2. The first-order valence-electron chi connectivity index (χ1n) is 11.5. The lowest BCUT2D eigenvalue weighted by molar-refractivity contribution is 0.102. The van der Waals surface area contributed by atoms with Crippen molar-refractivity contribution in [1.82, 2.24) is 4.31 Å². The Labute approximate surface area is 220 Å². The molecule has 1 aliphatic heterocycles. The summed E-state index contributed by atoms with van der Waals surface area (Å²) in [5.41, 5.74) is 1.01. The molecule has 3 aromatic carbocycles. The van der Waals surface area contributed by atoms with Crippen LogP contribution in [0, 0.1) is 11.6 Å². The van der Waals surface area contributed by atoms with Crippen molar-refractivity contribution >= 4 is 43.0 Å². The van der Waals surface area contributed by atoms with Crippen molar-refractivity contribution in [3.63, 3.8) is 0 Å². The van der Waals surface area contributed by atoms with Crippen molar-refractivity contribution in [1.29, 1.82) is 0 Å². The van der Waals surface area contributed by atoms with Gasteiger partial charge in [-0.25, -0.2) is 25.6 Å². The number of piperazine rings is 1. The van der Waals surface area contributed by atoms with Gasteiger partial charge in [0.25, 0.3) is 5.91 Å². The third kappa shape index (κ3) is 5.95. The summed E-state index contributed by atoms with van der Waals surface area (Å²) in [6.45, 7) is 0.780. The van der Waals surface area contributed by atoms with Crippen LogP contribution in [0.25, 0.3) is 0 Å². The largest absolute Gasteiger partial charge is 0.369 e. The van der Waals surface area contributed by atoms with Crippen LogP contribution in [0.2, 0.25) is 0 Å². The minimum absolute atomic E-state index is 0.0259. The lowest BCUT2D eigenvalue weighted by atomic mass is 10.1. The summed E-state index contributed by atoms with van der Waals surface area (Å²) in [5.74, 6) is -1.96. The molecule has 0 spiro atoms. The summed E-state index contributed by atoms with van der Waals surface area (Å²) < 4.78 is 79.6. The Bertz CT molecular complexity index is 1540. The summed E-state index contributed by atoms with van der Waals surface area (Å²) in [4.78, 5) is 14.6. The van der Waals surface area contributed by atoms with Crippen LogP contribution < -0.4 is 14.5 Å². The zero-order chi connectivity index (χ0) is 27.7. The van der Waals surface area contributed by atoms with Crippen molar-refractivity contribution in [2.45, 2.75) is 4.90 Å². The van der Waals surface area contributed by atoms with E-state index in [0.717, 1.165) is 16.6 Å². The molecule has 1 fully saturated rings. The minimum atomic E-state index is -3.84. The monoisotopic (exact) mass is 564 g/mol. The zero-order valence-corrected chi connectivity index (χ0v) is 22.3. The Morgan fingerprint density at radius 1 is 0.868 bits per heavy atom. The number of hydrogen-bond donors (Lipinski definition) is 1. The molecular formula is C25H26F2N4O5S2. The first kappa shape index (κ1) is 27.5. The first-order chi connectivity index (χ1) is 17.9. The van der Waals surface area contributed by atoms with E-state index in [1.54, 1.807) is 17.0 Å². The highest BCUT2D eigenvalue weighted by molar-refractivity contribution is 7.92. The molecule has 1 saturated heterocycles. The van der Waals surface area contributed by atoms with Crippen LogP contribution in [0.3, 0.4) is 0 Å². The number of nitrogens with zero attached hydrogens (tertiary/aromatic N) is 3. The molecule has 3 aromatic rings. The van der Waals surface area contributed by atoms with Gasteiger partial charge in [-0.15, -0.1) is 0 Å². The van der Waals surface area contributed by atoms with Crippen LogP contribution in [0.15, 0.2) is 71.6 Å². The van der Waals surface area contributed by atoms with Gasteiger partial charge in [-0.05, 0) is 48.5 Å². The highest BCUT2D eigenvalue weighted by Crippen LogP contribution is 2.25. The van der Waals surface area contributed by atoms with Gasteiger partial charge in [0, 0.05) is 50.7 Å². The van der Waals surface area contributed by atoms with Crippen LogP contribution >= 0.6 is 0 Å². The van der Waals surface area contributed by atoms with Crippen molar-refractivity contribution < 1.29 is 30.4 Å². The quantitative estimate of drug-likeness (QED) is 0.473. The zero-order valence-electron chi connectivity index (χ0n) is 20.6. The van der Waals surface area contributed by atoms with Crippen molar-refractivity contribution in [2.75, 3.05) is 54.0 Å². The van der Waals surface area contributed by atoms with Gasteiger partial charge in [-0.2, -0.15) is 4.31 Å². The second kappa shape index (κ2) is 10.7. The third-order valence-corrected chi connectivity index (χ3v) is 9.29. The standard InChI is InChI=1S/C25H26F2N4O5S2/c1-29(37(2,33)34)24-6-4-3-5-23(24)25(32)28-20-7-9-22(10-8-20)38(35,36)31-13-11-30(12-14-31)21-16-18(26)15-19(27)17-21/h3-10,15-17H,11-14H2,1-2H3,(H,28,32). The molecule has 4 rings (SSSR count). The topological polar surface area (TPSA) is 107 Å². The van der Waals surface area contributed by atoms with Crippen molar-refractivity contribution in [3.8, 4) is 0 Å². The van der Waals surface area contributed by atoms with Crippen LogP contribution in [0.5, 0.6) is 0 Å². The number of anilines is 3. The maximum Gasteiger partial charge on any atom is 0.257 e. The predicted molar refractivity (Wildman–Crippen MR) is 141 cm³/mol. The molecule has 13 heteroatoms. The fourth-order valence-corrected chi connectivity index (χ4v) is 6.02. The van der Waals surface area contributed by atoms with Gasteiger partial charge in [0.05, 0.1) is 22.4 Å². The maximum absolute atomic E-state index is 13.6. The Hall–Kier alpha value is -3.55. The summed E-state index contributed by atoms with van der Waals surface area (Å²) in [5, 5.41) is 2.66. The molecule has 0 bridgehead atoms. The fraction of sp³-hybridized carbons (Fsp3) is 0.240. The molecule has 0 radical (unpaired) electrons. The molecule has 0 aromatic heterocycles. The Morgan fingerprint density at radius 3 is 2.03 bits per heavy atom. The third-order valence-electron chi connectivity index (χ3n) is 6.19. The molecule has 0 atom stereocenters. The Balaban J connectivity index is 1.44. The SMILES string of the molecule is CN(c1ccccc1C(=O)Nc1ccc(S(=O)(=O)N2CCN(c3cc(F)cc(F)c3)CC2)cc1)S(C)(=O)=O. The van der Waals surface area contributed by atoms with Gasteiger partial charge in [0.15, 0.2) is 0 Å². The summed E-state index contributed by atoms with van der Waals surface area (Å²) >= 11 is 0. The van der Waals surface area contributed by atoms with E-state index in [1.807, 2.05) is 0 Å². The molecule has 1 aliphatic rings. The number of benzene rings is 3. The van der Waals surface area contributed by atoms with E-state index < -0.39 is 37.6 Å². The lowest BCUT2D eigenvalue weighted by Crippen LogP contribution is -2.48. The van der Waals surface area contributed by atoms with Crippen LogP contribution in [-0.4, -0.2) is 66.5 Å². The summed E-state index contributed by atoms with van der Waals surface area (Å²) in [7, 11) is -6.09. The maximum atomic E-state index is 13.6. The van der Waals surface area contributed by atoms with Gasteiger partial charge in [-0.3, -0.25) is 9.10 Å². The molecule has 1 heterocycles. The summed E-state index contributed by atoms with van der Waals surface area (Å²) in [6, 6.07) is 15.0. The number of sulfonamides is 2. The van der Waals surface area contributed by atoms with Gasteiger partial charge < -0.3 is 10.2 Å². The van der Waals surface area contributed by atoms with Crippen molar-refractivity contribution in [2.24, 2.45) is 0 Å². The number of carbonyl (C=O) groups is 1. The normalized spacial score (nSPS) is 14.8. The second-order valence-electron chi connectivity index (χ2n) is 8.74. The average molecular weight is 565 g/mol. The summed E-state index contributed by atoms with van der Waals surface area (Å²) in [6.07, 6.45) is 1.03. The fourth-order valence-electron chi connectivity index (χ4n) is 4.09. The molecule has 0 unspecified atom stereocenters. The molecule has 0 aliphatic carbocycles. The smallest absolute Gasteiger partial charge is 0.257 e. The molecule has 1 N–H and O–H groups in total. The van der Waals surface area contributed by atoms with Gasteiger partial charge in [-0.1, -0.05) is 12.1 Å². The Kier molecular flexibility index (Phi) is 7.72. The van der Waals surface area contributed by atoms with E-state index in [0.29, 0.717) is 11.4 Å². The van der Waals surface area contributed by atoms with E-state index in [-0.39, 0.29) is 42.3 Å². The molecule has 202 valence electrons. The molecule has 38 heavy (non-hydrogen) atoms. The number of para-hydroxylation sites is 1. The van der Waals surface area contributed by atoms with Crippen LogP contribution in [-0.2, 0) is 20.0 Å².